The van der Waals surface area contributed by atoms with Crippen molar-refractivity contribution < 1.29 is 0 Å². The van der Waals surface area contributed by atoms with Crippen LogP contribution < -0.4 is 5.32 Å². The van der Waals surface area contributed by atoms with Gasteiger partial charge in [-0.1, -0.05) is 20.3 Å². The van der Waals surface area contributed by atoms with E-state index in [-0.39, 0.29) is 0 Å². The van der Waals surface area contributed by atoms with E-state index in [1.807, 2.05) is 10.9 Å². The van der Waals surface area contributed by atoms with Crippen LogP contribution in [0.15, 0.2) is 12.4 Å². The summed E-state index contributed by atoms with van der Waals surface area (Å²) in [5.74, 6) is 1.62. The maximum atomic E-state index is 4.38. The molecule has 96 valence electrons. The zero-order valence-corrected chi connectivity index (χ0v) is 11.5. The van der Waals surface area contributed by atoms with Crippen molar-refractivity contribution in [2.75, 3.05) is 5.32 Å². The van der Waals surface area contributed by atoms with Crippen LogP contribution in [-0.2, 0) is 0 Å². The van der Waals surface area contributed by atoms with E-state index in [1.54, 1.807) is 0 Å². The van der Waals surface area contributed by atoms with Crippen molar-refractivity contribution in [3.8, 4) is 0 Å². The molecule has 3 unspecified atom stereocenters. The molecule has 1 aromatic heterocycles. The molecule has 0 radical (unpaired) electrons. The highest BCUT2D eigenvalue weighted by Gasteiger charge is 2.25. The van der Waals surface area contributed by atoms with Gasteiger partial charge in [-0.05, 0) is 38.5 Å². The minimum atomic E-state index is 0.438. The second-order valence-corrected chi connectivity index (χ2v) is 5.95. The first-order chi connectivity index (χ1) is 8.06. The zero-order chi connectivity index (χ0) is 12.4. The lowest BCUT2D eigenvalue weighted by Gasteiger charge is -2.33. The van der Waals surface area contributed by atoms with E-state index in [2.05, 4.69) is 44.3 Å². The molecule has 1 N–H and O–H groups in total. The van der Waals surface area contributed by atoms with Crippen molar-refractivity contribution in [2.24, 2.45) is 11.8 Å². The average Bonchev–Trinajstić information content (AvgIpc) is 2.72. The molecule has 3 atom stereocenters. The van der Waals surface area contributed by atoms with Crippen LogP contribution in [0, 0.1) is 11.8 Å². The lowest BCUT2D eigenvalue weighted by Crippen LogP contribution is -2.33. The topological polar surface area (TPSA) is 29.9 Å². The monoisotopic (exact) mass is 235 g/mol. The molecule has 0 bridgehead atoms. The molecule has 3 heteroatoms. The van der Waals surface area contributed by atoms with Crippen molar-refractivity contribution in [3.63, 3.8) is 0 Å². The lowest BCUT2D eigenvalue weighted by atomic mass is 9.80. The number of nitrogens with one attached hydrogen (secondary N) is 1. The fourth-order valence-electron chi connectivity index (χ4n) is 2.64. The van der Waals surface area contributed by atoms with Crippen molar-refractivity contribution in [1.29, 1.82) is 0 Å². The minimum Gasteiger partial charge on any atom is -0.379 e. The fraction of sp³-hybridized carbons (Fsp3) is 0.786. The second kappa shape index (κ2) is 5.11. The maximum Gasteiger partial charge on any atom is 0.0728 e. The van der Waals surface area contributed by atoms with Crippen LogP contribution in [0.2, 0.25) is 0 Å². The molecule has 0 aliphatic heterocycles. The summed E-state index contributed by atoms with van der Waals surface area (Å²) >= 11 is 0. The van der Waals surface area contributed by atoms with E-state index in [0.29, 0.717) is 12.1 Å². The van der Waals surface area contributed by atoms with E-state index in [9.17, 15) is 0 Å². The number of rotatable bonds is 3. The average molecular weight is 235 g/mol. The van der Waals surface area contributed by atoms with Gasteiger partial charge in [0.1, 0.15) is 0 Å². The Hall–Kier alpha value is -0.990. The fourth-order valence-corrected chi connectivity index (χ4v) is 2.64. The van der Waals surface area contributed by atoms with Gasteiger partial charge in [-0.2, -0.15) is 5.10 Å². The van der Waals surface area contributed by atoms with E-state index >= 15 is 0 Å². The summed E-state index contributed by atoms with van der Waals surface area (Å²) < 4.78 is 2.01. The maximum absolute atomic E-state index is 4.38. The van der Waals surface area contributed by atoms with Gasteiger partial charge in [-0.15, -0.1) is 0 Å². The van der Waals surface area contributed by atoms with Crippen LogP contribution in [0.5, 0.6) is 0 Å². The van der Waals surface area contributed by atoms with Gasteiger partial charge in [-0.3, -0.25) is 4.68 Å². The van der Waals surface area contributed by atoms with Gasteiger partial charge >= 0.3 is 0 Å². The molecule has 2 rings (SSSR count). The first-order valence-corrected chi connectivity index (χ1v) is 6.87. The molecule has 0 spiro atoms. The van der Waals surface area contributed by atoms with Crippen LogP contribution >= 0.6 is 0 Å². The Labute approximate surface area is 105 Å². The first kappa shape index (κ1) is 12.5. The Kier molecular flexibility index (Phi) is 3.75. The van der Waals surface area contributed by atoms with Gasteiger partial charge < -0.3 is 5.32 Å². The van der Waals surface area contributed by atoms with E-state index in [0.717, 1.165) is 11.8 Å². The molecule has 0 aromatic carbocycles. The normalized spacial score (nSPS) is 29.6. The molecule has 1 aliphatic rings. The van der Waals surface area contributed by atoms with Crippen molar-refractivity contribution in [3.05, 3.63) is 12.4 Å². The smallest absolute Gasteiger partial charge is 0.0728 e. The highest BCUT2D eigenvalue weighted by atomic mass is 15.3. The molecule has 1 aromatic rings. The van der Waals surface area contributed by atoms with Crippen molar-refractivity contribution in [2.45, 2.75) is 59.0 Å². The molecule has 1 aliphatic carbocycles. The summed E-state index contributed by atoms with van der Waals surface area (Å²) in [7, 11) is 0. The predicted octanol–water partition coefficient (Wildman–Crippen LogP) is 3.70. The van der Waals surface area contributed by atoms with Crippen LogP contribution in [0.1, 0.15) is 53.0 Å². The molecule has 1 saturated carbocycles. The standard InChI is InChI=1S/C14H25N3/c1-10(2)17-9-13(8-15-17)16-14-7-11(3)5-6-12(14)4/h8-12,14,16H,5-7H2,1-4H3. The van der Waals surface area contributed by atoms with Crippen LogP contribution in [0.4, 0.5) is 5.69 Å². The van der Waals surface area contributed by atoms with Gasteiger partial charge in [0.05, 0.1) is 11.9 Å². The Morgan fingerprint density at radius 2 is 2.12 bits per heavy atom. The third kappa shape index (κ3) is 3.02. The largest absolute Gasteiger partial charge is 0.379 e. The van der Waals surface area contributed by atoms with E-state index in [1.165, 1.54) is 24.9 Å². The molecule has 0 saturated heterocycles. The van der Waals surface area contributed by atoms with E-state index < -0.39 is 0 Å². The van der Waals surface area contributed by atoms with Gasteiger partial charge in [0, 0.05) is 18.3 Å². The molecule has 17 heavy (non-hydrogen) atoms. The Morgan fingerprint density at radius 3 is 2.76 bits per heavy atom. The molecule has 1 heterocycles. The number of aromatic nitrogens is 2. The molecular weight excluding hydrogens is 210 g/mol. The van der Waals surface area contributed by atoms with Gasteiger partial charge in [0.15, 0.2) is 0 Å². The molecule has 0 amide bonds. The molecular formula is C14H25N3. The second-order valence-electron chi connectivity index (χ2n) is 5.95. The SMILES string of the molecule is CC1CCC(C)C(Nc2cnn(C(C)C)c2)C1. The molecule has 1 fully saturated rings. The summed E-state index contributed by atoms with van der Waals surface area (Å²) in [6.45, 7) is 9.03. The Bertz CT molecular complexity index is 356. The zero-order valence-electron chi connectivity index (χ0n) is 11.5. The highest BCUT2D eigenvalue weighted by molar-refractivity contribution is 5.39. The van der Waals surface area contributed by atoms with Gasteiger partial charge in [0.25, 0.3) is 0 Å². The number of hydrogen-bond donors (Lipinski definition) is 1. The number of anilines is 1. The summed E-state index contributed by atoms with van der Waals surface area (Å²) in [5.41, 5.74) is 1.17. The van der Waals surface area contributed by atoms with Gasteiger partial charge in [-0.25, -0.2) is 0 Å². The Morgan fingerprint density at radius 1 is 1.35 bits per heavy atom. The summed E-state index contributed by atoms with van der Waals surface area (Å²) in [4.78, 5) is 0. The summed E-state index contributed by atoms with van der Waals surface area (Å²) in [6, 6.07) is 1.05. The highest BCUT2D eigenvalue weighted by Crippen LogP contribution is 2.30. The lowest BCUT2D eigenvalue weighted by molar-refractivity contribution is 0.280. The third-order valence-corrected chi connectivity index (χ3v) is 3.94. The van der Waals surface area contributed by atoms with E-state index in [4.69, 9.17) is 0 Å². The number of nitrogens with zero attached hydrogens (tertiary/aromatic N) is 2. The van der Waals surface area contributed by atoms with Crippen LogP contribution in [0.25, 0.3) is 0 Å². The number of hydrogen-bond acceptors (Lipinski definition) is 2. The van der Waals surface area contributed by atoms with Crippen LogP contribution in [0.3, 0.4) is 0 Å². The summed E-state index contributed by atoms with van der Waals surface area (Å²) in [5, 5.41) is 8.03. The third-order valence-electron chi connectivity index (χ3n) is 3.94. The summed E-state index contributed by atoms with van der Waals surface area (Å²) in [6.07, 6.45) is 8.08. The Balaban J connectivity index is 1.98. The quantitative estimate of drug-likeness (QED) is 0.865. The minimum absolute atomic E-state index is 0.438. The van der Waals surface area contributed by atoms with Crippen LogP contribution in [-0.4, -0.2) is 15.8 Å². The van der Waals surface area contributed by atoms with Gasteiger partial charge in [0.2, 0.25) is 0 Å². The first-order valence-electron chi connectivity index (χ1n) is 6.87. The predicted molar refractivity (Wildman–Crippen MR) is 72.2 cm³/mol. The van der Waals surface area contributed by atoms with Crippen molar-refractivity contribution in [1.82, 2.24) is 9.78 Å². The molecule has 3 nitrogen and oxygen atoms in total. The van der Waals surface area contributed by atoms with Crippen molar-refractivity contribution >= 4 is 5.69 Å².